The predicted octanol–water partition coefficient (Wildman–Crippen LogP) is 2.94. The molecule has 0 aromatic carbocycles. The number of carbonyl (C=O) groups excluding carboxylic acids is 1. The number of carbonyl (C=O) groups is 1. The number of aromatic nitrogens is 2. The number of imidazole rings is 1. The number of ether oxygens (including phenoxy) is 1. The number of nitrogens with zero attached hydrogens (tertiary/aromatic N) is 2. The maximum absolute atomic E-state index is 12.1. The number of alkyl carbamates (subject to hydrolysis) is 1. The molecule has 2 N–H and O–H groups in total. The van der Waals surface area contributed by atoms with Gasteiger partial charge in [-0.15, -0.1) is 0 Å². The molecule has 0 saturated heterocycles. The van der Waals surface area contributed by atoms with Gasteiger partial charge in [-0.3, -0.25) is 0 Å². The minimum Gasteiger partial charge on any atom is -0.444 e. The normalized spacial score (nSPS) is 29.2. The summed E-state index contributed by atoms with van der Waals surface area (Å²) in [6, 6.07) is 0.825. The Hall–Kier alpha value is -1.56. The molecular formula is C19H32N4O2. The number of nitrogens with one attached hydrogen (secondary N) is 2. The van der Waals surface area contributed by atoms with Gasteiger partial charge in [-0.25, -0.2) is 9.78 Å². The van der Waals surface area contributed by atoms with Gasteiger partial charge >= 0.3 is 6.09 Å². The maximum atomic E-state index is 12.1. The molecule has 2 aliphatic carbocycles. The van der Waals surface area contributed by atoms with Gasteiger partial charge in [0.25, 0.3) is 0 Å². The van der Waals surface area contributed by atoms with Crippen LogP contribution in [0.3, 0.4) is 0 Å². The largest absolute Gasteiger partial charge is 0.444 e. The van der Waals surface area contributed by atoms with Crippen molar-refractivity contribution < 1.29 is 9.53 Å². The van der Waals surface area contributed by atoms with Gasteiger partial charge in [-0.05, 0) is 58.3 Å². The van der Waals surface area contributed by atoms with Crippen LogP contribution in [-0.2, 0) is 11.3 Å². The minimum absolute atomic E-state index is 0.247. The molecule has 1 amide bonds. The van der Waals surface area contributed by atoms with Gasteiger partial charge < -0.3 is 19.9 Å². The summed E-state index contributed by atoms with van der Waals surface area (Å²) >= 11 is 0. The van der Waals surface area contributed by atoms with Gasteiger partial charge in [0.15, 0.2) is 0 Å². The van der Waals surface area contributed by atoms with E-state index in [1.54, 1.807) is 0 Å². The topological polar surface area (TPSA) is 68.2 Å². The summed E-state index contributed by atoms with van der Waals surface area (Å²) in [5, 5.41) is 6.88. The van der Waals surface area contributed by atoms with Crippen LogP contribution in [0.2, 0.25) is 0 Å². The first kappa shape index (κ1) is 18.2. The van der Waals surface area contributed by atoms with Crippen LogP contribution >= 0.6 is 0 Å². The summed E-state index contributed by atoms with van der Waals surface area (Å²) in [7, 11) is 0. The van der Waals surface area contributed by atoms with Crippen LogP contribution in [0.4, 0.5) is 4.79 Å². The van der Waals surface area contributed by atoms with Gasteiger partial charge in [0, 0.05) is 37.6 Å². The fourth-order valence-corrected chi connectivity index (χ4v) is 4.45. The second-order valence-electron chi connectivity index (χ2n) is 8.55. The highest BCUT2D eigenvalue weighted by molar-refractivity contribution is 5.68. The first-order valence-corrected chi connectivity index (χ1v) is 9.59. The molecule has 2 atom stereocenters. The molecule has 3 rings (SSSR count). The SMILES string of the molecule is CC(C)(C)OC(=O)NC1CC2CCCC(C1)C2NCCn1ccnc1. The summed E-state index contributed by atoms with van der Waals surface area (Å²) in [5.74, 6) is 1.30. The van der Waals surface area contributed by atoms with Gasteiger partial charge in [0.2, 0.25) is 0 Å². The van der Waals surface area contributed by atoms with Crippen LogP contribution in [0, 0.1) is 11.8 Å². The highest BCUT2D eigenvalue weighted by Gasteiger charge is 2.40. The fraction of sp³-hybridized carbons (Fsp3) is 0.789. The molecule has 2 bridgehead atoms. The number of rotatable bonds is 5. The Bertz CT molecular complexity index is 538. The summed E-state index contributed by atoms with van der Waals surface area (Å²) in [6.07, 6.45) is 11.3. The molecule has 2 aliphatic rings. The zero-order chi connectivity index (χ0) is 17.9. The molecule has 0 aliphatic heterocycles. The monoisotopic (exact) mass is 348 g/mol. The molecule has 6 heteroatoms. The second kappa shape index (κ2) is 7.77. The molecule has 2 fully saturated rings. The molecule has 6 nitrogen and oxygen atoms in total. The molecular weight excluding hydrogens is 316 g/mol. The smallest absolute Gasteiger partial charge is 0.407 e. The van der Waals surface area contributed by atoms with E-state index in [4.69, 9.17) is 4.74 Å². The van der Waals surface area contributed by atoms with E-state index in [9.17, 15) is 4.79 Å². The summed E-state index contributed by atoms with van der Waals surface area (Å²) in [4.78, 5) is 16.2. The third kappa shape index (κ3) is 5.21. The Morgan fingerprint density at radius 3 is 2.60 bits per heavy atom. The van der Waals surface area contributed by atoms with E-state index in [0.29, 0.717) is 17.9 Å². The van der Waals surface area contributed by atoms with Crippen LogP contribution < -0.4 is 10.6 Å². The van der Waals surface area contributed by atoms with Crippen molar-refractivity contribution in [2.75, 3.05) is 6.54 Å². The van der Waals surface area contributed by atoms with Crippen molar-refractivity contribution in [1.82, 2.24) is 20.2 Å². The van der Waals surface area contributed by atoms with Crippen molar-refractivity contribution in [3.05, 3.63) is 18.7 Å². The first-order valence-electron chi connectivity index (χ1n) is 9.59. The highest BCUT2D eigenvalue weighted by atomic mass is 16.6. The molecule has 1 aromatic rings. The van der Waals surface area contributed by atoms with Crippen molar-refractivity contribution in [2.45, 2.75) is 77.1 Å². The van der Waals surface area contributed by atoms with Crippen molar-refractivity contribution in [3.8, 4) is 0 Å². The predicted molar refractivity (Wildman–Crippen MR) is 97.2 cm³/mol. The quantitative estimate of drug-likeness (QED) is 0.858. The Kier molecular flexibility index (Phi) is 5.67. The van der Waals surface area contributed by atoms with E-state index in [-0.39, 0.29) is 12.1 Å². The van der Waals surface area contributed by atoms with Crippen LogP contribution in [0.1, 0.15) is 52.9 Å². The number of amides is 1. The van der Waals surface area contributed by atoms with Gasteiger partial charge in [0.1, 0.15) is 5.60 Å². The van der Waals surface area contributed by atoms with Crippen LogP contribution in [0.15, 0.2) is 18.7 Å². The molecule has 1 aromatic heterocycles. The lowest BCUT2D eigenvalue weighted by molar-refractivity contribution is 0.0413. The van der Waals surface area contributed by atoms with Crippen LogP contribution in [0.5, 0.6) is 0 Å². The van der Waals surface area contributed by atoms with Gasteiger partial charge in [0.05, 0.1) is 6.33 Å². The number of fused-ring (bicyclic) bond motifs is 2. The molecule has 1 heterocycles. The van der Waals surface area contributed by atoms with E-state index in [1.165, 1.54) is 19.3 Å². The van der Waals surface area contributed by atoms with Crippen molar-refractivity contribution >= 4 is 6.09 Å². The third-order valence-electron chi connectivity index (χ3n) is 5.37. The van der Waals surface area contributed by atoms with Crippen LogP contribution in [0.25, 0.3) is 0 Å². The van der Waals surface area contributed by atoms with E-state index in [0.717, 1.165) is 25.9 Å². The Labute approximate surface area is 150 Å². The molecule has 0 radical (unpaired) electrons. The zero-order valence-corrected chi connectivity index (χ0v) is 15.7. The van der Waals surface area contributed by atoms with Crippen LogP contribution in [-0.4, -0.2) is 39.9 Å². The summed E-state index contributed by atoms with van der Waals surface area (Å²) < 4.78 is 7.53. The van der Waals surface area contributed by atoms with E-state index >= 15 is 0 Å². The molecule has 140 valence electrons. The maximum Gasteiger partial charge on any atom is 0.407 e. The molecule has 2 unspecified atom stereocenters. The lowest BCUT2D eigenvalue weighted by Gasteiger charge is -2.46. The van der Waals surface area contributed by atoms with Gasteiger partial charge in [-0.2, -0.15) is 0 Å². The van der Waals surface area contributed by atoms with Gasteiger partial charge in [-0.1, -0.05) is 6.42 Å². The highest BCUT2D eigenvalue weighted by Crippen LogP contribution is 2.40. The minimum atomic E-state index is -0.438. The lowest BCUT2D eigenvalue weighted by Crippen LogP contribution is -2.54. The fourth-order valence-electron chi connectivity index (χ4n) is 4.45. The van der Waals surface area contributed by atoms with E-state index in [2.05, 4.69) is 20.2 Å². The van der Waals surface area contributed by atoms with E-state index in [1.807, 2.05) is 39.5 Å². The standard InChI is InChI=1S/C19H32N4O2/c1-19(2,3)25-18(24)22-16-11-14-5-4-6-15(12-16)17(14)21-8-10-23-9-7-20-13-23/h7,9,13-17,21H,4-6,8,10-12H2,1-3H3,(H,22,24). The third-order valence-corrected chi connectivity index (χ3v) is 5.37. The second-order valence-corrected chi connectivity index (χ2v) is 8.55. The Morgan fingerprint density at radius 2 is 2.00 bits per heavy atom. The first-order chi connectivity index (χ1) is 11.9. The lowest BCUT2D eigenvalue weighted by atomic mass is 9.66. The van der Waals surface area contributed by atoms with Crippen molar-refractivity contribution in [2.24, 2.45) is 11.8 Å². The van der Waals surface area contributed by atoms with Crippen molar-refractivity contribution in [1.29, 1.82) is 0 Å². The zero-order valence-electron chi connectivity index (χ0n) is 15.7. The average molecular weight is 348 g/mol. The molecule has 0 spiro atoms. The number of hydrogen-bond acceptors (Lipinski definition) is 4. The van der Waals surface area contributed by atoms with Crippen molar-refractivity contribution in [3.63, 3.8) is 0 Å². The average Bonchev–Trinajstić information content (AvgIpc) is 2.99. The van der Waals surface area contributed by atoms with E-state index < -0.39 is 5.60 Å². The summed E-state index contributed by atoms with van der Waals surface area (Å²) in [5.41, 5.74) is -0.438. The molecule has 2 saturated carbocycles. The Morgan fingerprint density at radius 1 is 1.28 bits per heavy atom. The number of hydrogen-bond donors (Lipinski definition) is 2. The summed E-state index contributed by atoms with van der Waals surface area (Å²) in [6.45, 7) is 7.64. The molecule has 25 heavy (non-hydrogen) atoms. The Balaban J connectivity index is 1.49.